The lowest BCUT2D eigenvalue weighted by molar-refractivity contribution is -0.137. The van der Waals surface area contributed by atoms with Crippen LogP contribution in [0, 0.1) is 11.6 Å². The van der Waals surface area contributed by atoms with Crippen molar-refractivity contribution in [2.75, 3.05) is 30.7 Å². The molecule has 3 atom stereocenters. The van der Waals surface area contributed by atoms with Crippen molar-refractivity contribution >= 4 is 43.4 Å². The predicted molar refractivity (Wildman–Crippen MR) is 162 cm³/mol. The fraction of sp³-hybridized carbons (Fsp3) is 0.516. The number of hydrogen-bond donors (Lipinski definition) is 3. The minimum atomic E-state index is -4.96. The first-order valence-electron chi connectivity index (χ1n) is 15.4. The number of nitrogen functional groups attached to an aromatic ring is 1. The Hall–Kier alpha value is -3.36. The van der Waals surface area contributed by atoms with Crippen LogP contribution in [0.3, 0.4) is 0 Å². The Morgan fingerprint density at radius 1 is 1.04 bits per heavy atom. The average Bonchev–Trinajstić information content (AvgIpc) is 3.76. The molecule has 238 valence electrons. The summed E-state index contributed by atoms with van der Waals surface area (Å²) in [6.45, 7) is 2.28. The number of nitrogens with two attached hydrogens (primary N) is 1. The van der Waals surface area contributed by atoms with Gasteiger partial charge in [0.1, 0.15) is 23.8 Å². The molecule has 4 aliphatic heterocycles. The van der Waals surface area contributed by atoms with Gasteiger partial charge in [-0.1, -0.05) is 11.3 Å². The average molecular weight is 646 g/mol. The summed E-state index contributed by atoms with van der Waals surface area (Å²) in [6.07, 6.45) is 2.68. The van der Waals surface area contributed by atoms with Gasteiger partial charge in [0, 0.05) is 34.6 Å². The minimum Gasteiger partial charge on any atom is -0.461 e. The van der Waals surface area contributed by atoms with E-state index in [1.165, 1.54) is 0 Å². The molecule has 4 fully saturated rings. The maximum Gasteiger partial charge on any atom is 0.417 e. The number of aromatic nitrogens is 3. The lowest BCUT2D eigenvalue weighted by Crippen LogP contribution is -2.44. The first kappa shape index (κ1) is 29.1. The molecule has 0 spiro atoms. The molecule has 2 aromatic heterocycles. The number of nitrogens with one attached hydrogen (secondary N) is 2. The molecular formula is C31H32F5N7OS. The smallest absolute Gasteiger partial charge is 0.417 e. The van der Waals surface area contributed by atoms with E-state index in [1.54, 1.807) is 0 Å². The van der Waals surface area contributed by atoms with Crippen molar-refractivity contribution in [3.63, 3.8) is 0 Å². The van der Waals surface area contributed by atoms with E-state index >= 15 is 4.39 Å². The van der Waals surface area contributed by atoms with Crippen LogP contribution in [0.25, 0.3) is 32.2 Å². The molecule has 0 aliphatic carbocycles. The lowest BCUT2D eigenvalue weighted by atomic mass is 9.94. The van der Waals surface area contributed by atoms with Gasteiger partial charge >= 0.3 is 12.2 Å². The van der Waals surface area contributed by atoms with Crippen LogP contribution in [0.4, 0.5) is 32.9 Å². The van der Waals surface area contributed by atoms with E-state index in [4.69, 9.17) is 10.5 Å². The number of hydrogen-bond acceptors (Lipinski definition) is 9. The van der Waals surface area contributed by atoms with Crippen LogP contribution >= 0.6 is 11.3 Å². The van der Waals surface area contributed by atoms with E-state index < -0.39 is 28.9 Å². The highest BCUT2D eigenvalue weighted by Gasteiger charge is 2.45. The Labute approximate surface area is 259 Å². The Balaban J connectivity index is 1.29. The Morgan fingerprint density at radius 3 is 2.49 bits per heavy atom. The van der Waals surface area contributed by atoms with Crippen molar-refractivity contribution in [1.29, 1.82) is 0 Å². The summed E-state index contributed by atoms with van der Waals surface area (Å²) >= 11 is 0.789. The van der Waals surface area contributed by atoms with Crippen molar-refractivity contribution in [3.8, 4) is 17.1 Å². The lowest BCUT2D eigenvalue weighted by Gasteiger charge is -2.32. The Morgan fingerprint density at radius 2 is 1.78 bits per heavy atom. The maximum absolute atomic E-state index is 16.8. The molecule has 4 saturated heterocycles. The van der Waals surface area contributed by atoms with Crippen LogP contribution in [0.2, 0.25) is 0 Å². The van der Waals surface area contributed by atoms with Gasteiger partial charge in [0.25, 0.3) is 0 Å². The molecule has 0 amide bonds. The fourth-order valence-corrected chi connectivity index (χ4v) is 8.85. The highest BCUT2D eigenvalue weighted by atomic mass is 32.1. The molecule has 4 aromatic rings. The van der Waals surface area contributed by atoms with E-state index in [9.17, 15) is 17.6 Å². The zero-order chi connectivity index (χ0) is 31.1. The molecule has 0 saturated carbocycles. The summed E-state index contributed by atoms with van der Waals surface area (Å²) in [5, 5.41) is 6.77. The number of rotatable bonds is 6. The highest BCUT2D eigenvalue weighted by molar-refractivity contribution is 7.22. The van der Waals surface area contributed by atoms with Crippen LogP contribution in [-0.4, -0.2) is 63.2 Å². The van der Waals surface area contributed by atoms with Crippen LogP contribution in [0.5, 0.6) is 6.01 Å². The number of ether oxygens (including phenoxy) is 1. The third-order valence-electron chi connectivity index (χ3n) is 10.1. The summed E-state index contributed by atoms with van der Waals surface area (Å²) in [5.74, 6) is -1.81. The van der Waals surface area contributed by atoms with Gasteiger partial charge in [0.15, 0.2) is 10.9 Å². The van der Waals surface area contributed by atoms with E-state index in [1.807, 2.05) is 0 Å². The summed E-state index contributed by atoms with van der Waals surface area (Å²) in [7, 11) is 0. The van der Waals surface area contributed by atoms with Gasteiger partial charge in [-0.25, -0.2) is 13.8 Å². The van der Waals surface area contributed by atoms with Gasteiger partial charge in [0.05, 0.1) is 21.3 Å². The van der Waals surface area contributed by atoms with Gasteiger partial charge in [-0.05, 0) is 82.7 Å². The Bertz CT molecular complexity index is 1790. The van der Waals surface area contributed by atoms with Crippen LogP contribution < -0.4 is 21.1 Å². The van der Waals surface area contributed by atoms with Crippen LogP contribution in [0.1, 0.15) is 56.9 Å². The minimum absolute atomic E-state index is 0.0428. The van der Waals surface area contributed by atoms with Crippen molar-refractivity contribution in [2.24, 2.45) is 0 Å². The molecule has 6 heterocycles. The molecule has 14 heteroatoms. The highest BCUT2D eigenvalue weighted by Crippen LogP contribution is 2.46. The number of fused-ring (bicyclic) bond motifs is 5. The summed E-state index contributed by atoms with van der Waals surface area (Å²) < 4.78 is 81.8. The zero-order valence-electron chi connectivity index (χ0n) is 24.3. The number of nitrogens with zero attached hydrogens (tertiary/aromatic N) is 4. The van der Waals surface area contributed by atoms with E-state index in [0.717, 1.165) is 94.0 Å². The maximum atomic E-state index is 16.8. The van der Waals surface area contributed by atoms with Gasteiger partial charge < -0.3 is 21.1 Å². The normalized spacial score (nSPS) is 24.5. The van der Waals surface area contributed by atoms with E-state index in [-0.39, 0.29) is 55.2 Å². The molecule has 8 nitrogen and oxygen atoms in total. The van der Waals surface area contributed by atoms with E-state index in [2.05, 4.69) is 30.5 Å². The van der Waals surface area contributed by atoms with E-state index in [0.29, 0.717) is 18.7 Å². The molecule has 45 heavy (non-hydrogen) atoms. The summed E-state index contributed by atoms with van der Waals surface area (Å²) in [4.78, 5) is 15.4. The molecule has 0 radical (unpaired) electrons. The number of piperidine rings is 1. The second-order valence-corrected chi connectivity index (χ2v) is 13.9. The first-order chi connectivity index (χ1) is 21.6. The van der Waals surface area contributed by atoms with Crippen LogP contribution in [0.15, 0.2) is 18.2 Å². The third kappa shape index (κ3) is 4.96. The number of halogens is 5. The Kier molecular flexibility index (Phi) is 6.84. The molecule has 4 aliphatic rings. The molecule has 2 bridgehead atoms. The molecular weight excluding hydrogens is 613 g/mol. The van der Waals surface area contributed by atoms with Crippen molar-refractivity contribution < 1.29 is 26.7 Å². The van der Waals surface area contributed by atoms with Crippen molar-refractivity contribution in [2.45, 2.75) is 81.2 Å². The van der Waals surface area contributed by atoms with Gasteiger partial charge in [-0.2, -0.15) is 23.1 Å². The van der Waals surface area contributed by atoms with Gasteiger partial charge in [0.2, 0.25) is 0 Å². The third-order valence-corrected chi connectivity index (χ3v) is 11.0. The number of alkyl halides is 3. The molecule has 4 N–H and O–H groups in total. The molecule has 8 rings (SSSR count). The quantitative estimate of drug-likeness (QED) is 0.205. The van der Waals surface area contributed by atoms with Crippen molar-refractivity contribution in [3.05, 3.63) is 35.4 Å². The number of benzene rings is 2. The van der Waals surface area contributed by atoms with Crippen LogP contribution in [-0.2, 0) is 6.18 Å². The second kappa shape index (κ2) is 10.6. The SMILES string of the molecule is Nc1nc2c(-c3c(C(F)(F)F)cc4c(NC5CC6CC[C@@H](C5)N6)nc(OCC56CCCN5CCC6)nc4c3F)ccc(F)c2s1. The second-order valence-electron chi connectivity index (χ2n) is 12.8. The van der Waals surface area contributed by atoms with Gasteiger partial charge in [-0.3, -0.25) is 4.90 Å². The van der Waals surface area contributed by atoms with Gasteiger partial charge in [-0.15, -0.1) is 0 Å². The molecule has 2 unspecified atom stereocenters. The predicted octanol–water partition coefficient (Wildman–Crippen LogP) is 6.49. The number of thiazole rings is 1. The topological polar surface area (TPSA) is 101 Å². The fourth-order valence-electron chi connectivity index (χ4n) is 8.09. The van der Waals surface area contributed by atoms with Crippen molar-refractivity contribution in [1.82, 2.24) is 25.2 Å². The zero-order valence-corrected chi connectivity index (χ0v) is 25.1. The summed E-state index contributed by atoms with van der Waals surface area (Å²) in [5.41, 5.74) is 2.99. The number of anilines is 2. The standard InChI is InChI=1S/C31H32F5N7OS/c32-21-6-5-18(25-26(21)45-28(37)40-25)22-20(31(34,35)36)13-19-24(23(22)33)41-29(44-14-30-7-1-9-43(30)10-2-8-30)42-27(19)39-17-11-15-3-4-16(12-17)38-15/h5-6,13,15-17,38H,1-4,7-12,14H2,(H2,37,40)(H,39,41,42)/t15-,16?,17?/m0/s1. The largest absolute Gasteiger partial charge is 0.461 e. The molecule has 2 aromatic carbocycles. The monoisotopic (exact) mass is 645 g/mol. The first-order valence-corrected chi connectivity index (χ1v) is 16.3. The summed E-state index contributed by atoms with van der Waals surface area (Å²) in [6, 6.07) is 3.44.